The lowest BCUT2D eigenvalue weighted by Crippen LogP contribution is -2.29. The van der Waals surface area contributed by atoms with Gasteiger partial charge in [-0.05, 0) is 30.3 Å². The smallest absolute Gasteiger partial charge is 0.382 e. The summed E-state index contributed by atoms with van der Waals surface area (Å²) in [5, 5.41) is 6.28. The Kier molecular flexibility index (Phi) is 5.26. The Hall–Kier alpha value is -3.10. The Morgan fingerprint density at radius 2 is 1.96 bits per heavy atom. The molecule has 1 amide bonds. The molecule has 5 nitrogen and oxygen atoms in total. The Morgan fingerprint density at radius 3 is 2.61 bits per heavy atom. The minimum Gasteiger partial charge on any atom is -0.382 e. The van der Waals surface area contributed by atoms with Crippen LogP contribution in [0, 0.1) is 5.82 Å². The fourth-order valence-corrected chi connectivity index (χ4v) is 2.77. The number of rotatable bonds is 4. The molecule has 0 bridgehead atoms. The van der Waals surface area contributed by atoms with Gasteiger partial charge in [-0.2, -0.15) is 13.2 Å². The second-order valence-electron chi connectivity index (χ2n) is 6.46. The van der Waals surface area contributed by atoms with Crippen molar-refractivity contribution in [3.63, 3.8) is 0 Å². The summed E-state index contributed by atoms with van der Waals surface area (Å²) < 4.78 is 52.4. The van der Waals surface area contributed by atoms with Crippen molar-refractivity contribution in [2.45, 2.75) is 18.7 Å². The molecule has 0 fully saturated rings. The standard InChI is InChI=1S/C19H17F4N3O2/c1-26(2)16-7-6-12(19(21,22)23)9-15(16)24-18(27)17-10-14(25-28-17)11-4-3-5-13(20)8-11/h3-9,17H,10H2,1-2H3,(H,24,27)/t17-/m0/s1. The third-order valence-corrected chi connectivity index (χ3v) is 4.18. The number of alkyl halides is 3. The Bertz CT molecular complexity index is 926. The minimum atomic E-state index is -4.54. The van der Waals surface area contributed by atoms with Crippen LogP contribution in [0.3, 0.4) is 0 Å². The van der Waals surface area contributed by atoms with Gasteiger partial charge < -0.3 is 15.1 Å². The van der Waals surface area contributed by atoms with Gasteiger partial charge in [0.1, 0.15) is 5.82 Å². The van der Waals surface area contributed by atoms with Crippen LogP contribution in [0.4, 0.5) is 28.9 Å². The van der Waals surface area contributed by atoms with E-state index >= 15 is 0 Å². The van der Waals surface area contributed by atoms with E-state index in [2.05, 4.69) is 10.5 Å². The highest BCUT2D eigenvalue weighted by Gasteiger charge is 2.33. The Balaban J connectivity index is 1.76. The summed E-state index contributed by atoms with van der Waals surface area (Å²) in [7, 11) is 3.30. The van der Waals surface area contributed by atoms with Crippen molar-refractivity contribution in [3.05, 3.63) is 59.4 Å². The third kappa shape index (κ3) is 4.24. The van der Waals surface area contributed by atoms with Gasteiger partial charge in [0.2, 0.25) is 6.10 Å². The maximum atomic E-state index is 13.3. The van der Waals surface area contributed by atoms with Crippen LogP contribution in [0.2, 0.25) is 0 Å². The van der Waals surface area contributed by atoms with Crippen LogP contribution in [0.25, 0.3) is 0 Å². The first-order chi connectivity index (χ1) is 13.1. The number of nitrogens with one attached hydrogen (secondary N) is 1. The second kappa shape index (κ2) is 7.49. The van der Waals surface area contributed by atoms with Crippen molar-refractivity contribution in [1.29, 1.82) is 0 Å². The zero-order valence-electron chi connectivity index (χ0n) is 15.0. The molecule has 1 heterocycles. The van der Waals surface area contributed by atoms with E-state index in [-0.39, 0.29) is 12.1 Å². The number of hydrogen-bond donors (Lipinski definition) is 1. The van der Waals surface area contributed by atoms with E-state index in [1.807, 2.05) is 0 Å². The largest absolute Gasteiger partial charge is 0.416 e. The van der Waals surface area contributed by atoms with Crippen molar-refractivity contribution < 1.29 is 27.2 Å². The summed E-state index contributed by atoms with van der Waals surface area (Å²) in [6.07, 6.45) is -5.49. The quantitative estimate of drug-likeness (QED) is 0.795. The van der Waals surface area contributed by atoms with Gasteiger partial charge in [-0.25, -0.2) is 4.39 Å². The summed E-state index contributed by atoms with van der Waals surface area (Å²) >= 11 is 0. The third-order valence-electron chi connectivity index (χ3n) is 4.18. The molecule has 1 aliphatic rings. The number of nitrogens with zero attached hydrogens (tertiary/aromatic N) is 2. The van der Waals surface area contributed by atoms with E-state index in [9.17, 15) is 22.4 Å². The highest BCUT2D eigenvalue weighted by atomic mass is 19.4. The molecule has 0 unspecified atom stereocenters. The lowest BCUT2D eigenvalue weighted by molar-refractivity contribution is -0.137. The normalized spacial score (nSPS) is 16.4. The molecule has 0 spiro atoms. The van der Waals surface area contributed by atoms with Crippen molar-refractivity contribution in [2.75, 3.05) is 24.3 Å². The summed E-state index contributed by atoms with van der Waals surface area (Å²) in [4.78, 5) is 19.2. The van der Waals surface area contributed by atoms with Gasteiger partial charge >= 0.3 is 6.18 Å². The predicted octanol–water partition coefficient (Wildman–Crippen LogP) is 4.04. The molecule has 2 aromatic rings. The van der Waals surface area contributed by atoms with Gasteiger partial charge in [-0.1, -0.05) is 17.3 Å². The van der Waals surface area contributed by atoms with Crippen molar-refractivity contribution in [2.24, 2.45) is 5.16 Å². The highest BCUT2D eigenvalue weighted by molar-refractivity contribution is 6.06. The van der Waals surface area contributed by atoms with Crippen LogP contribution < -0.4 is 10.2 Å². The zero-order valence-corrected chi connectivity index (χ0v) is 15.0. The number of oxime groups is 1. The summed E-state index contributed by atoms with van der Waals surface area (Å²) in [6, 6.07) is 8.77. The average Bonchev–Trinajstić information content (AvgIpc) is 3.11. The Labute approximate surface area is 158 Å². The number of anilines is 2. The molecule has 1 atom stereocenters. The molecule has 0 aromatic heterocycles. The topological polar surface area (TPSA) is 53.9 Å². The minimum absolute atomic E-state index is 0.00707. The SMILES string of the molecule is CN(C)c1ccc(C(F)(F)F)cc1NC(=O)[C@@H]1CC(c2cccc(F)c2)=NO1. The molecular weight excluding hydrogens is 378 g/mol. The first kappa shape index (κ1) is 19.7. The van der Waals surface area contributed by atoms with E-state index in [4.69, 9.17) is 4.84 Å². The molecule has 0 radical (unpaired) electrons. The van der Waals surface area contributed by atoms with E-state index in [1.165, 1.54) is 24.3 Å². The monoisotopic (exact) mass is 395 g/mol. The predicted molar refractivity (Wildman–Crippen MR) is 96.8 cm³/mol. The van der Waals surface area contributed by atoms with E-state index in [0.717, 1.165) is 12.1 Å². The number of amides is 1. The molecule has 1 N–H and O–H groups in total. The first-order valence-electron chi connectivity index (χ1n) is 8.33. The second-order valence-corrected chi connectivity index (χ2v) is 6.46. The fraction of sp³-hybridized carbons (Fsp3) is 0.263. The van der Waals surface area contributed by atoms with E-state index < -0.39 is 29.6 Å². The maximum absolute atomic E-state index is 13.3. The van der Waals surface area contributed by atoms with Gasteiger partial charge in [0.25, 0.3) is 5.91 Å². The molecule has 148 valence electrons. The summed E-state index contributed by atoms with van der Waals surface area (Å²) in [6.45, 7) is 0. The Morgan fingerprint density at radius 1 is 1.21 bits per heavy atom. The highest BCUT2D eigenvalue weighted by Crippen LogP contribution is 2.35. The van der Waals surface area contributed by atoms with Crippen LogP contribution in [0.1, 0.15) is 17.5 Å². The first-order valence-corrected chi connectivity index (χ1v) is 8.33. The molecule has 3 rings (SSSR count). The number of hydrogen-bond acceptors (Lipinski definition) is 4. The van der Waals surface area contributed by atoms with Crippen molar-refractivity contribution in [3.8, 4) is 0 Å². The zero-order chi connectivity index (χ0) is 20.5. The summed E-state index contributed by atoms with van der Waals surface area (Å²) in [5.74, 6) is -1.09. The lowest BCUT2D eigenvalue weighted by Gasteiger charge is -2.20. The molecule has 0 aliphatic carbocycles. The fourth-order valence-electron chi connectivity index (χ4n) is 2.77. The van der Waals surface area contributed by atoms with Crippen LogP contribution >= 0.6 is 0 Å². The molecule has 0 saturated carbocycles. The molecule has 2 aromatic carbocycles. The maximum Gasteiger partial charge on any atom is 0.416 e. The van der Waals surface area contributed by atoms with Gasteiger partial charge in [0.05, 0.1) is 22.6 Å². The summed E-state index contributed by atoms with van der Waals surface area (Å²) in [5.41, 5.74) is 0.399. The van der Waals surface area contributed by atoms with E-state index in [1.54, 1.807) is 25.1 Å². The van der Waals surface area contributed by atoms with E-state index in [0.29, 0.717) is 17.0 Å². The van der Waals surface area contributed by atoms with Crippen molar-refractivity contribution >= 4 is 23.0 Å². The lowest BCUT2D eigenvalue weighted by atomic mass is 10.0. The van der Waals surface area contributed by atoms with Crippen LogP contribution in [-0.2, 0) is 15.8 Å². The van der Waals surface area contributed by atoms with Gasteiger partial charge in [-0.15, -0.1) is 0 Å². The van der Waals surface area contributed by atoms with Gasteiger partial charge in [-0.3, -0.25) is 4.79 Å². The van der Waals surface area contributed by atoms with Crippen LogP contribution in [0.15, 0.2) is 47.6 Å². The molecular formula is C19H17F4N3O2. The molecule has 9 heteroatoms. The molecule has 28 heavy (non-hydrogen) atoms. The van der Waals surface area contributed by atoms with Gasteiger partial charge in [0, 0.05) is 26.1 Å². The van der Waals surface area contributed by atoms with Gasteiger partial charge in [0.15, 0.2) is 0 Å². The number of carbonyl (C=O) groups is 1. The number of benzene rings is 2. The number of halogens is 4. The average molecular weight is 395 g/mol. The van der Waals surface area contributed by atoms with Crippen molar-refractivity contribution in [1.82, 2.24) is 0 Å². The molecule has 1 aliphatic heterocycles. The number of carbonyl (C=O) groups excluding carboxylic acids is 1. The molecule has 0 saturated heterocycles. The van der Waals surface area contributed by atoms with Crippen LogP contribution in [-0.4, -0.2) is 31.8 Å². The van der Waals surface area contributed by atoms with Crippen LogP contribution in [0.5, 0.6) is 0 Å².